The Labute approximate surface area is 241 Å². The van der Waals surface area contributed by atoms with Crippen LogP contribution in [0.5, 0.6) is 0 Å². The number of esters is 2. The summed E-state index contributed by atoms with van der Waals surface area (Å²) in [5.74, 6) is -2.62. The first-order chi connectivity index (χ1) is 20.0. The Balaban J connectivity index is 1.40. The molecule has 1 unspecified atom stereocenters. The number of amides is 2. The van der Waals surface area contributed by atoms with Gasteiger partial charge in [-0.05, 0) is 56.8 Å². The molecule has 0 aliphatic carbocycles. The van der Waals surface area contributed by atoms with E-state index in [1.165, 1.54) is 5.56 Å². The summed E-state index contributed by atoms with van der Waals surface area (Å²) in [5, 5.41) is 1.02. The lowest BCUT2D eigenvalue weighted by Gasteiger charge is -2.35. The van der Waals surface area contributed by atoms with E-state index in [2.05, 4.69) is 17.9 Å². The van der Waals surface area contributed by atoms with Gasteiger partial charge in [0.05, 0.1) is 35.4 Å². The Morgan fingerprint density at radius 1 is 1.12 bits per heavy atom. The van der Waals surface area contributed by atoms with Gasteiger partial charge in [0, 0.05) is 41.8 Å². The number of hydrogen-bond donors (Lipinski definition) is 0. The molecule has 6 rings (SSSR count). The summed E-state index contributed by atoms with van der Waals surface area (Å²) in [6.45, 7) is 4.35. The van der Waals surface area contributed by atoms with Crippen molar-refractivity contribution >= 4 is 34.7 Å². The molecule has 1 aromatic carbocycles. The topological polar surface area (TPSA) is 128 Å². The maximum absolute atomic E-state index is 13.8. The average molecular weight is 571 g/mol. The van der Waals surface area contributed by atoms with E-state index in [1.54, 1.807) is 17.6 Å². The quantitative estimate of drug-likeness (QED) is 0.243. The van der Waals surface area contributed by atoms with Gasteiger partial charge in [-0.15, -0.1) is 0 Å². The summed E-state index contributed by atoms with van der Waals surface area (Å²) < 4.78 is 12.8. The number of carbonyl (C=O) groups excluding carboxylic acids is 4. The van der Waals surface area contributed by atoms with Gasteiger partial charge in [-0.25, -0.2) is 9.78 Å². The first-order valence-electron chi connectivity index (χ1n) is 13.8. The zero-order valence-corrected chi connectivity index (χ0v) is 23.9. The fourth-order valence-corrected chi connectivity index (χ4v) is 6.00. The van der Waals surface area contributed by atoms with Gasteiger partial charge in [-0.2, -0.15) is 0 Å². The van der Waals surface area contributed by atoms with Crippen molar-refractivity contribution in [1.82, 2.24) is 19.4 Å². The monoisotopic (exact) mass is 570 g/mol. The highest BCUT2D eigenvalue weighted by Gasteiger charge is 2.50. The van der Waals surface area contributed by atoms with Gasteiger partial charge in [0.1, 0.15) is 6.61 Å². The van der Waals surface area contributed by atoms with Crippen molar-refractivity contribution in [3.05, 3.63) is 74.6 Å². The Morgan fingerprint density at radius 3 is 2.55 bits per heavy atom. The van der Waals surface area contributed by atoms with Crippen molar-refractivity contribution in [2.75, 3.05) is 20.6 Å². The molecule has 0 spiro atoms. The van der Waals surface area contributed by atoms with Crippen LogP contribution in [0.2, 0.25) is 0 Å². The predicted octanol–water partition coefficient (Wildman–Crippen LogP) is 2.32. The second-order valence-electron chi connectivity index (χ2n) is 11.1. The maximum Gasteiger partial charge on any atom is 0.355 e. The smallest absolute Gasteiger partial charge is 0.355 e. The molecule has 3 aliphatic heterocycles. The third-order valence-electron chi connectivity index (χ3n) is 8.21. The summed E-state index contributed by atoms with van der Waals surface area (Å²) in [7, 11) is 4.02. The second kappa shape index (κ2) is 10.0. The van der Waals surface area contributed by atoms with Crippen molar-refractivity contribution in [2.45, 2.75) is 52.0 Å². The van der Waals surface area contributed by atoms with Gasteiger partial charge < -0.3 is 18.9 Å². The minimum absolute atomic E-state index is 0.0157. The van der Waals surface area contributed by atoms with Crippen molar-refractivity contribution in [3.63, 3.8) is 0 Å². The maximum atomic E-state index is 13.8. The molecule has 0 saturated carbocycles. The number of ether oxygens (including phenoxy) is 2. The summed E-state index contributed by atoms with van der Waals surface area (Å²) in [4.78, 5) is 71.8. The summed E-state index contributed by atoms with van der Waals surface area (Å²) in [6.07, 6.45) is 1.95. The number of fused-ring (bicyclic) bond motifs is 5. The average Bonchev–Trinajstić information content (AvgIpc) is 3.48. The number of hydrogen-bond acceptors (Lipinski definition) is 9. The van der Waals surface area contributed by atoms with E-state index >= 15 is 0 Å². The van der Waals surface area contributed by atoms with E-state index in [0.29, 0.717) is 17.9 Å². The molecule has 42 heavy (non-hydrogen) atoms. The molecule has 3 aromatic rings. The second-order valence-corrected chi connectivity index (χ2v) is 11.1. The largest absolute Gasteiger partial charge is 0.457 e. The molecule has 11 heteroatoms. The molecule has 3 aliphatic rings. The molecule has 11 nitrogen and oxygen atoms in total. The highest BCUT2D eigenvalue weighted by Crippen LogP contribution is 2.41. The first kappa shape index (κ1) is 27.5. The van der Waals surface area contributed by atoms with Crippen molar-refractivity contribution in [2.24, 2.45) is 0 Å². The highest BCUT2D eigenvalue weighted by molar-refractivity contribution is 6.13. The zero-order valence-electron chi connectivity index (χ0n) is 23.9. The number of nitrogens with zero attached hydrogens (tertiary/aromatic N) is 4. The van der Waals surface area contributed by atoms with Gasteiger partial charge in [-0.1, -0.05) is 13.0 Å². The van der Waals surface area contributed by atoms with Crippen LogP contribution in [0.1, 0.15) is 47.6 Å². The molecular weight excluding hydrogens is 540 g/mol. The van der Waals surface area contributed by atoms with E-state index in [4.69, 9.17) is 14.5 Å². The van der Waals surface area contributed by atoms with E-state index in [1.807, 2.05) is 26.2 Å². The van der Waals surface area contributed by atoms with Gasteiger partial charge in [0.15, 0.2) is 0 Å². The molecule has 0 saturated heterocycles. The van der Waals surface area contributed by atoms with Crippen molar-refractivity contribution in [3.8, 4) is 11.4 Å². The lowest BCUT2D eigenvalue weighted by molar-refractivity contribution is -0.189. The Kier molecular flexibility index (Phi) is 6.57. The number of carbonyl (C=O) groups is 4. The highest BCUT2D eigenvalue weighted by atomic mass is 16.6. The van der Waals surface area contributed by atoms with Crippen LogP contribution in [0.25, 0.3) is 22.3 Å². The molecule has 2 amide bonds. The molecular formula is C31H30N4O7. The summed E-state index contributed by atoms with van der Waals surface area (Å²) in [5.41, 5.74) is 3.48. The fraction of sp³-hybridized carbons (Fsp3) is 0.355. The standard InChI is InChI=1S/C31H30N4O7/c1-5-31(42-27(38)10-11-34-25(36)8-9-26(34)37)22-13-24-28-18(14-35(24)29(39)21(22)16-41-30(31)40)12-19-20(15-33(3)4)17(2)6-7-23(19)32-28/h6-9,12-13H,5,10-11,14-16H2,1-4H3. The first-order valence-corrected chi connectivity index (χ1v) is 13.8. The minimum Gasteiger partial charge on any atom is -0.457 e. The van der Waals surface area contributed by atoms with Crippen LogP contribution in [0.4, 0.5) is 0 Å². The summed E-state index contributed by atoms with van der Waals surface area (Å²) in [6, 6.07) is 7.79. The third kappa shape index (κ3) is 4.23. The van der Waals surface area contributed by atoms with Gasteiger partial charge in [0.2, 0.25) is 5.60 Å². The molecule has 5 heterocycles. The van der Waals surface area contributed by atoms with Gasteiger partial charge in [0.25, 0.3) is 17.4 Å². The SMILES string of the molecule is CCC1(OC(=O)CCN2C(=O)C=CC2=O)C(=O)OCc2c1cc1n(c2=O)Cc2cc3c(CN(C)C)c(C)ccc3nc2-1. The van der Waals surface area contributed by atoms with Crippen LogP contribution < -0.4 is 5.56 Å². The molecule has 0 radical (unpaired) electrons. The number of cyclic esters (lactones) is 1. The minimum atomic E-state index is -1.85. The number of pyridine rings is 2. The van der Waals surface area contributed by atoms with Crippen LogP contribution in [-0.2, 0) is 53.9 Å². The Morgan fingerprint density at radius 2 is 1.86 bits per heavy atom. The van der Waals surface area contributed by atoms with Crippen LogP contribution in [0.3, 0.4) is 0 Å². The normalized spacial score (nSPS) is 18.9. The van der Waals surface area contributed by atoms with Crippen LogP contribution in [0.15, 0.2) is 41.2 Å². The lowest BCUT2D eigenvalue weighted by atomic mass is 9.85. The molecule has 0 N–H and O–H groups in total. The van der Waals surface area contributed by atoms with E-state index < -0.39 is 29.4 Å². The number of aryl methyl sites for hydroxylation is 1. The van der Waals surface area contributed by atoms with E-state index in [-0.39, 0.29) is 42.7 Å². The third-order valence-corrected chi connectivity index (χ3v) is 8.21. The van der Waals surface area contributed by atoms with E-state index in [0.717, 1.165) is 45.6 Å². The number of imide groups is 1. The molecule has 216 valence electrons. The Bertz CT molecular complexity index is 1790. The number of aromatic nitrogens is 2. The summed E-state index contributed by atoms with van der Waals surface area (Å²) >= 11 is 0. The molecule has 0 fully saturated rings. The number of rotatable bonds is 7. The molecule has 0 bridgehead atoms. The lowest BCUT2D eigenvalue weighted by Crippen LogP contribution is -2.47. The fourth-order valence-electron chi connectivity index (χ4n) is 6.00. The van der Waals surface area contributed by atoms with Crippen LogP contribution >= 0.6 is 0 Å². The Hall–Kier alpha value is -4.64. The van der Waals surface area contributed by atoms with Crippen LogP contribution in [-0.4, -0.2) is 63.7 Å². The zero-order chi connectivity index (χ0) is 29.9. The molecule has 1 atom stereocenters. The van der Waals surface area contributed by atoms with Gasteiger partial charge in [-0.3, -0.25) is 24.1 Å². The van der Waals surface area contributed by atoms with E-state index in [9.17, 15) is 24.0 Å². The predicted molar refractivity (Wildman–Crippen MR) is 151 cm³/mol. The molecule has 2 aromatic heterocycles. The number of benzene rings is 1. The van der Waals surface area contributed by atoms with Crippen molar-refractivity contribution in [1.29, 1.82) is 0 Å². The van der Waals surface area contributed by atoms with Gasteiger partial charge >= 0.3 is 11.9 Å². The van der Waals surface area contributed by atoms with Crippen LogP contribution in [0, 0.1) is 6.92 Å². The van der Waals surface area contributed by atoms with Crippen molar-refractivity contribution < 1.29 is 28.7 Å².